The standard InChI is InChI=1S/C21H19NO5/c1-14(23)15-6-8-16(9-7-15)22-21(24)20-11-10-19(27-20)13-26-18-5-3-4-17(12-18)25-2/h3-12H,13H2,1-2H3,(H,22,24). The molecule has 0 saturated carbocycles. The van der Waals surface area contributed by atoms with Crippen molar-refractivity contribution >= 4 is 17.4 Å². The lowest BCUT2D eigenvalue weighted by Gasteiger charge is -2.06. The highest BCUT2D eigenvalue weighted by Crippen LogP contribution is 2.21. The van der Waals surface area contributed by atoms with Crippen LogP contribution in [0.3, 0.4) is 0 Å². The van der Waals surface area contributed by atoms with Gasteiger partial charge in [-0.15, -0.1) is 0 Å². The molecule has 3 rings (SSSR count). The molecule has 0 aliphatic carbocycles. The van der Waals surface area contributed by atoms with Crippen LogP contribution < -0.4 is 14.8 Å². The average molecular weight is 365 g/mol. The van der Waals surface area contributed by atoms with Crippen LogP contribution >= 0.6 is 0 Å². The fraction of sp³-hybridized carbons (Fsp3) is 0.143. The molecular formula is C21H19NO5. The number of carbonyl (C=O) groups is 2. The molecule has 2 aromatic carbocycles. The second-order valence-corrected chi connectivity index (χ2v) is 5.82. The second-order valence-electron chi connectivity index (χ2n) is 5.82. The van der Waals surface area contributed by atoms with Gasteiger partial charge in [0.1, 0.15) is 23.9 Å². The van der Waals surface area contributed by atoms with Gasteiger partial charge in [0.25, 0.3) is 5.91 Å². The molecule has 0 radical (unpaired) electrons. The van der Waals surface area contributed by atoms with E-state index < -0.39 is 0 Å². The van der Waals surface area contributed by atoms with Crippen LogP contribution in [0.2, 0.25) is 0 Å². The third-order valence-electron chi connectivity index (χ3n) is 3.86. The number of methoxy groups -OCH3 is 1. The molecular weight excluding hydrogens is 346 g/mol. The van der Waals surface area contributed by atoms with E-state index in [0.717, 1.165) is 0 Å². The minimum Gasteiger partial charge on any atom is -0.497 e. The van der Waals surface area contributed by atoms with E-state index in [-0.39, 0.29) is 24.1 Å². The Morgan fingerprint density at radius 2 is 1.74 bits per heavy atom. The number of nitrogens with one attached hydrogen (secondary N) is 1. The molecule has 0 unspecified atom stereocenters. The van der Waals surface area contributed by atoms with Crippen molar-refractivity contribution < 1.29 is 23.5 Å². The molecule has 0 bridgehead atoms. The monoisotopic (exact) mass is 365 g/mol. The number of benzene rings is 2. The van der Waals surface area contributed by atoms with Gasteiger partial charge in [-0.1, -0.05) is 6.07 Å². The Bertz CT molecular complexity index is 943. The molecule has 1 aromatic heterocycles. The van der Waals surface area contributed by atoms with Gasteiger partial charge in [0.2, 0.25) is 0 Å². The molecule has 0 atom stereocenters. The summed E-state index contributed by atoms with van der Waals surface area (Å²) in [7, 11) is 1.59. The maximum absolute atomic E-state index is 12.3. The number of ketones is 1. The summed E-state index contributed by atoms with van der Waals surface area (Å²) in [6.07, 6.45) is 0. The maximum atomic E-state index is 12.3. The summed E-state index contributed by atoms with van der Waals surface area (Å²) in [6, 6.07) is 17.2. The van der Waals surface area contributed by atoms with Crippen molar-refractivity contribution in [3.05, 3.63) is 77.7 Å². The summed E-state index contributed by atoms with van der Waals surface area (Å²) in [5, 5.41) is 2.73. The van der Waals surface area contributed by atoms with E-state index in [1.165, 1.54) is 6.92 Å². The SMILES string of the molecule is COc1cccc(OCc2ccc(C(=O)Nc3ccc(C(C)=O)cc3)o2)c1. The van der Waals surface area contributed by atoms with Gasteiger partial charge in [-0.3, -0.25) is 9.59 Å². The fourth-order valence-electron chi connectivity index (χ4n) is 2.40. The Morgan fingerprint density at radius 1 is 1.00 bits per heavy atom. The van der Waals surface area contributed by atoms with E-state index in [4.69, 9.17) is 13.9 Å². The van der Waals surface area contributed by atoms with Gasteiger partial charge in [0.05, 0.1) is 7.11 Å². The highest BCUT2D eigenvalue weighted by molar-refractivity contribution is 6.02. The number of rotatable bonds is 7. The molecule has 138 valence electrons. The zero-order valence-electron chi connectivity index (χ0n) is 15.0. The van der Waals surface area contributed by atoms with Crippen LogP contribution in [0.4, 0.5) is 5.69 Å². The van der Waals surface area contributed by atoms with Crippen LogP contribution in [0.15, 0.2) is 65.1 Å². The zero-order valence-corrected chi connectivity index (χ0v) is 15.0. The molecule has 1 heterocycles. The Hall–Kier alpha value is -3.54. The summed E-state index contributed by atoms with van der Waals surface area (Å²) in [5.41, 5.74) is 1.17. The van der Waals surface area contributed by atoms with Crippen molar-refractivity contribution in [1.82, 2.24) is 0 Å². The van der Waals surface area contributed by atoms with Crippen molar-refractivity contribution in [3.63, 3.8) is 0 Å². The lowest BCUT2D eigenvalue weighted by atomic mass is 10.1. The number of carbonyl (C=O) groups excluding carboxylic acids is 2. The van der Waals surface area contributed by atoms with E-state index in [1.54, 1.807) is 49.6 Å². The topological polar surface area (TPSA) is 77.8 Å². The summed E-state index contributed by atoms with van der Waals surface area (Å²) >= 11 is 0. The minimum absolute atomic E-state index is 0.0282. The molecule has 0 spiro atoms. The molecule has 6 nitrogen and oxygen atoms in total. The zero-order chi connectivity index (χ0) is 19.2. The highest BCUT2D eigenvalue weighted by Gasteiger charge is 2.12. The van der Waals surface area contributed by atoms with Crippen LogP contribution in [-0.2, 0) is 6.61 Å². The molecule has 27 heavy (non-hydrogen) atoms. The van der Waals surface area contributed by atoms with E-state index in [1.807, 2.05) is 18.2 Å². The van der Waals surface area contributed by atoms with Crippen molar-refractivity contribution in [2.45, 2.75) is 13.5 Å². The number of hydrogen-bond donors (Lipinski definition) is 1. The normalized spacial score (nSPS) is 10.3. The van der Waals surface area contributed by atoms with Crippen LogP contribution in [0.1, 0.15) is 33.6 Å². The predicted octanol–water partition coefficient (Wildman–Crippen LogP) is 4.32. The summed E-state index contributed by atoms with van der Waals surface area (Å²) in [4.78, 5) is 23.6. The number of anilines is 1. The Morgan fingerprint density at radius 3 is 2.44 bits per heavy atom. The van der Waals surface area contributed by atoms with Crippen LogP contribution in [-0.4, -0.2) is 18.8 Å². The van der Waals surface area contributed by atoms with Crippen LogP contribution in [0.25, 0.3) is 0 Å². The van der Waals surface area contributed by atoms with Gasteiger partial charge in [-0.2, -0.15) is 0 Å². The molecule has 1 amide bonds. The molecule has 6 heteroatoms. The average Bonchev–Trinajstić information content (AvgIpc) is 3.16. The first kappa shape index (κ1) is 18.3. The quantitative estimate of drug-likeness (QED) is 0.631. The van der Waals surface area contributed by atoms with E-state index in [0.29, 0.717) is 28.5 Å². The second kappa shape index (κ2) is 8.23. The molecule has 0 fully saturated rings. The highest BCUT2D eigenvalue weighted by atomic mass is 16.5. The maximum Gasteiger partial charge on any atom is 0.291 e. The number of amides is 1. The van der Waals surface area contributed by atoms with Crippen LogP contribution in [0.5, 0.6) is 11.5 Å². The number of ether oxygens (including phenoxy) is 2. The van der Waals surface area contributed by atoms with Crippen molar-refractivity contribution in [3.8, 4) is 11.5 Å². The molecule has 1 N–H and O–H groups in total. The van der Waals surface area contributed by atoms with Crippen molar-refractivity contribution in [2.75, 3.05) is 12.4 Å². The summed E-state index contributed by atoms with van der Waals surface area (Å²) < 4.78 is 16.3. The first-order valence-electron chi connectivity index (χ1n) is 8.33. The Kier molecular flexibility index (Phi) is 5.56. The lowest BCUT2D eigenvalue weighted by molar-refractivity contribution is 0.0990. The lowest BCUT2D eigenvalue weighted by Crippen LogP contribution is -2.11. The fourth-order valence-corrected chi connectivity index (χ4v) is 2.40. The van der Waals surface area contributed by atoms with Crippen LogP contribution in [0, 0.1) is 0 Å². The van der Waals surface area contributed by atoms with Gasteiger partial charge in [0.15, 0.2) is 11.5 Å². The van der Waals surface area contributed by atoms with Gasteiger partial charge < -0.3 is 19.2 Å². The minimum atomic E-state index is -0.377. The number of hydrogen-bond acceptors (Lipinski definition) is 5. The Labute approximate surface area is 156 Å². The van der Waals surface area contributed by atoms with Crippen molar-refractivity contribution in [1.29, 1.82) is 0 Å². The van der Waals surface area contributed by atoms with E-state index in [9.17, 15) is 9.59 Å². The first-order chi connectivity index (χ1) is 13.0. The van der Waals surface area contributed by atoms with Crippen molar-refractivity contribution in [2.24, 2.45) is 0 Å². The largest absolute Gasteiger partial charge is 0.497 e. The molecule has 0 aliphatic heterocycles. The van der Waals surface area contributed by atoms with Gasteiger partial charge in [-0.25, -0.2) is 0 Å². The molecule has 0 aliphatic rings. The third-order valence-corrected chi connectivity index (χ3v) is 3.86. The van der Waals surface area contributed by atoms with Gasteiger partial charge in [0, 0.05) is 17.3 Å². The predicted molar refractivity (Wildman–Crippen MR) is 100 cm³/mol. The van der Waals surface area contributed by atoms with E-state index in [2.05, 4.69) is 5.32 Å². The first-order valence-corrected chi connectivity index (χ1v) is 8.33. The summed E-state index contributed by atoms with van der Waals surface area (Å²) in [6.45, 7) is 1.68. The van der Waals surface area contributed by atoms with Gasteiger partial charge >= 0.3 is 0 Å². The number of furan rings is 1. The third kappa shape index (κ3) is 4.76. The Balaban J connectivity index is 1.59. The number of Topliss-reactive ketones (excluding diaryl/α,β-unsaturated/α-hetero) is 1. The van der Waals surface area contributed by atoms with Gasteiger partial charge in [-0.05, 0) is 55.5 Å². The molecule has 3 aromatic rings. The summed E-state index contributed by atoms with van der Waals surface area (Å²) in [5.74, 6) is 1.63. The van der Waals surface area contributed by atoms with E-state index >= 15 is 0 Å². The molecule has 0 saturated heterocycles. The smallest absolute Gasteiger partial charge is 0.291 e.